The van der Waals surface area contributed by atoms with E-state index in [0.717, 1.165) is 73.1 Å². The third kappa shape index (κ3) is 5.43. The molecule has 4 aliphatic carbocycles. The Hall–Kier alpha value is -1.94. The van der Waals surface area contributed by atoms with Crippen molar-refractivity contribution in [2.24, 2.45) is 52.3 Å². The van der Waals surface area contributed by atoms with Gasteiger partial charge in [-0.15, -0.1) is 11.3 Å². The van der Waals surface area contributed by atoms with E-state index in [1.807, 2.05) is 30.3 Å². The van der Waals surface area contributed by atoms with Crippen LogP contribution >= 0.6 is 11.3 Å². The molecule has 4 aliphatic rings. The third-order valence-corrected chi connectivity index (χ3v) is 15.8. The van der Waals surface area contributed by atoms with Crippen LogP contribution in [0.1, 0.15) is 79.1 Å². The molecule has 242 valence electrons. The largest absolute Gasteiger partial charge is 0.393 e. The molecule has 44 heavy (non-hydrogen) atoms. The van der Waals surface area contributed by atoms with Gasteiger partial charge in [0, 0.05) is 11.4 Å². The quantitative estimate of drug-likeness (QED) is 0.270. The first-order valence-electron chi connectivity index (χ1n) is 16.7. The normalized spacial score (nSPS) is 39.0. The van der Waals surface area contributed by atoms with Gasteiger partial charge in [0.05, 0.1) is 12.2 Å². The number of carbonyl (C=O) groups excluding carboxylic acids is 1. The highest BCUT2D eigenvalue weighted by Crippen LogP contribution is 2.69. The molecule has 9 heteroatoms. The molecule has 1 aromatic heterocycles. The Labute approximate surface area is 267 Å². The lowest BCUT2D eigenvalue weighted by molar-refractivity contribution is -0.203. The molecule has 11 atom stereocenters. The molecule has 4 N–H and O–H groups in total. The number of rotatable bonds is 7. The summed E-state index contributed by atoms with van der Waals surface area (Å²) >= 11 is 1.15. The maximum atomic E-state index is 13.0. The van der Waals surface area contributed by atoms with Crippen molar-refractivity contribution < 1.29 is 23.4 Å². The van der Waals surface area contributed by atoms with Gasteiger partial charge in [-0.25, -0.2) is 17.9 Å². The number of carbonyl (C=O) groups is 1. The van der Waals surface area contributed by atoms with Gasteiger partial charge in [-0.1, -0.05) is 64.4 Å². The maximum absolute atomic E-state index is 13.0. The van der Waals surface area contributed by atoms with Crippen molar-refractivity contribution in [2.75, 3.05) is 6.54 Å². The van der Waals surface area contributed by atoms with Gasteiger partial charge < -0.3 is 15.5 Å². The first-order valence-corrected chi connectivity index (χ1v) is 19.0. The molecule has 1 aromatic carbocycles. The van der Waals surface area contributed by atoms with Crippen molar-refractivity contribution in [3.05, 3.63) is 42.5 Å². The van der Waals surface area contributed by atoms with Crippen molar-refractivity contribution in [1.82, 2.24) is 10.0 Å². The third-order valence-electron chi connectivity index (χ3n) is 12.9. The van der Waals surface area contributed by atoms with E-state index < -0.39 is 16.1 Å². The van der Waals surface area contributed by atoms with Crippen LogP contribution in [0.5, 0.6) is 0 Å². The van der Waals surface area contributed by atoms with Gasteiger partial charge in [-0.2, -0.15) is 0 Å². The molecule has 0 bridgehead atoms. The number of nitrogens with one attached hydrogen (secondary N) is 2. The summed E-state index contributed by atoms with van der Waals surface area (Å²) in [7, 11) is -3.98. The number of sulfonamides is 1. The zero-order valence-electron chi connectivity index (χ0n) is 26.5. The van der Waals surface area contributed by atoms with E-state index >= 15 is 0 Å². The first-order chi connectivity index (χ1) is 20.9. The highest BCUT2D eigenvalue weighted by Gasteiger charge is 2.64. The standard InChI is InChI=1S/C35H50N2O5S2/c1-5-24-28-19-23(38)15-17-35(28,4)27-16-18-34(3)25(11-12-26(34)31(27)32(24)39)21(2)20-36-33(40)37-44(41,42)30-14-13-29(43-30)22-9-7-6-8-10-22/h6-10,13-14,21,23-28,31-32,38-39H,5,11-12,15-20H2,1-4H3,(H2,36,37,40)/t21-,23-,24-,25-,26+,27+,28+,31+,32-,34-,35-/m1/s1. The van der Waals surface area contributed by atoms with E-state index in [2.05, 4.69) is 37.7 Å². The zero-order valence-corrected chi connectivity index (χ0v) is 28.2. The van der Waals surface area contributed by atoms with Gasteiger partial charge in [-0.3, -0.25) is 0 Å². The van der Waals surface area contributed by atoms with Gasteiger partial charge in [0.15, 0.2) is 0 Å². The van der Waals surface area contributed by atoms with Crippen molar-refractivity contribution in [3.63, 3.8) is 0 Å². The number of urea groups is 1. The van der Waals surface area contributed by atoms with Crippen molar-refractivity contribution in [2.45, 2.75) is 95.5 Å². The van der Waals surface area contributed by atoms with Crippen molar-refractivity contribution >= 4 is 27.4 Å². The average molecular weight is 643 g/mol. The fraction of sp³-hybridized carbons (Fsp3) is 0.686. The van der Waals surface area contributed by atoms with Gasteiger partial charge in [-0.05, 0) is 115 Å². The highest BCUT2D eigenvalue weighted by atomic mass is 32.2. The summed E-state index contributed by atoms with van der Waals surface area (Å²) in [4.78, 5) is 13.7. The molecule has 4 saturated carbocycles. The summed E-state index contributed by atoms with van der Waals surface area (Å²) in [5.74, 6) is 2.38. The van der Waals surface area contributed by atoms with Gasteiger partial charge in [0.25, 0.3) is 10.0 Å². The Morgan fingerprint density at radius 3 is 2.41 bits per heavy atom. The second-order valence-electron chi connectivity index (χ2n) is 14.9. The molecular weight excluding hydrogens is 593 g/mol. The van der Waals surface area contributed by atoms with Crippen LogP contribution in [0.2, 0.25) is 0 Å². The molecular formula is C35H50N2O5S2. The van der Waals surface area contributed by atoms with Crippen molar-refractivity contribution in [1.29, 1.82) is 0 Å². The molecule has 0 saturated heterocycles. The molecule has 2 aromatic rings. The lowest BCUT2D eigenvalue weighted by atomic mass is 9.41. The molecule has 4 fully saturated rings. The smallest absolute Gasteiger partial charge is 0.328 e. The predicted octanol–water partition coefficient (Wildman–Crippen LogP) is 6.67. The van der Waals surface area contributed by atoms with Gasteiger partial charge >= 0.3 is 6.03 Å². The lowest BCUT2D eigenvalue weighted by Gasteiger charge is -2.64. The Bertz CT molecular complexity index is 1450. The van der Waals surface area contributed by atoms with E-state index in [0.29, 0.717) is 30.2 Å². The number of hydrogen-bond acceptors (Lipinski definition) is 6. The van der Waals surface area contributed by atoms with Crippen LogP contribution in [0, 0.1) is 52.3 Å². The molecule has 1 heterocycles. The molecule has 0 spiro atoms. The minimum atomic E-state index is -3.98. The van der Waals surface area contributed by atoms with Crippen LogP contribution in [-0.4, -0.2) is 43.4 Å². The lowest BCUT2D eigenvalue weighted by Crippen LogP contribution is -2.62. The maximum Gasteiger partial charge on any atom is 0.328 e. The summed E-state index contributed by atoms with van der Waals surface area (Å²) in [5.41, 5.74) is 1.18. The predicted molar refractivity (Wildman–Crippen MR) is 174 cm³/mol. The van der Waals surface area contributed by atoms with E-state index in [4.69, 9.17) is 0 Å². The molecule has 0 radical (unpaired) electrons. The number of thiophene rings is 1. The van der Waals surface area contributed by atoms with Crippen molar-refractivity contribution in [3.8, 4) is 10.4 Å². The van der Waals surface area contributed by atoms with Crippen LogP contribution < -0.4 is 10.0 Å². The number of amides is 2. The van der Waals surface area contributed by atoms with Crippen LogP contribution in [-0.2, 0) is 10.0 Å². The average Bonchev–Trinajstić information content (AvgIpc) is 3.63. The number of aliphatic hydroxyl groups excluding tert-OH is 2. The zero-order chi connectivity index (χ0) is 31.4. The summed E-state index contributed by atoms with van der Waals surface area (Å²) in [6.07, 6.45) is 7.48. The number of aliphatic hydroxyl groups is 2. The van der Waals surface area contributed by atoms with E-state index in [1.165, 1.54) is 0 Å². The molecule has 6 rings (SSSR count). The Balaban J connectivity index is 1.10. The highest BCUT2D eigenvalue weighted by molar-refractivity contribution is 7.92. The Morgan fingerprint density at radius 2 is 1.68 bits per heavy atom. The second-order valence-corrected chi connectivity index (χ2v) is 17.9. The fourth-order valence-electron chi connectivity index (χ4n) is 10.8. The number of fused-ring (bicyclic) bond motifs is 5. The summed E-state index contributed by atoms with van der Waals surface area (Å²) < 4.78 is 28.3. The van der Waals surface area contributed by atoms with E-state index in [-0.39, 0.29) is 45.0 Å². The molecule has 0 unspecified atom stereocenters. The second kappa shape index (κ2) is 12.0. The Morgan fingerprint density at radius 1 is 0.977 bits per heavy atom. The summed E-state index contributed by atoms with van der Waals surface area (Å²) in [6.45, 7) is 9.66. The van der Waals surface area contributed by atoms with E-state index in [1.54, 1.807) is 12.1 Å². The molecule has 2 amide bonds. The minimum absolute atomic E-state index is 0.0757. The van der Waals surface area contributed by atoms with E-state index in [9.17, 15) is 23.4 Å². The van der Waals surface area contributed by atoms with Gasteiger partial charge in [0.1, 0.15) is 4.21 Å². The summed E-state index contributed by atoms with van der Waals surface area (Å²) in [5, 5.41) is 25.3. The first kappa shape index (κ1) is 32.0. The number of hydrogen-bond donors (Lipinski definition) is 4. The summed E-state index contributed by atoms with van der Waals surface area (Å²) in [6, 6.07) is 12.2. The SMILES string of the molecule is CC[C@H]1[C@@H](O)[C@@H]2[C@H](CC[C@]3(C)[C@@H]([C@H](C)CNC(=O)NS(=O)(=O)c4ccc(-c5ccccc5)s4)CC[C@@H]23)[C@@]2(C)CC[C@@H](O)C[C@@H]12. The monoisotopic (exact) mass is 642 g/mol. The molecule has 0 aliphatic heterocycles. The van der Waals surface area contributed by atoms with Crippen LogP contribution in [0.3, 0.4) is 0 Å². The minimum Gasteiger partial charge on any atom is -0.393 e. The molecule has 7 nitrogen and oxygen atoms in total. The number of benzene rings is 1. The van der Waals surface area contributed by atoms with Crippen LogP contribution in [0.25, 0.3) is 10.4 Å². The Kier molecular flexibility index (Phi) is 8.74. The fourth-order valence-corrected chi connectivity index (χ4v) is 13.0. The van der Waals surface area contributed by atoms with Gasteiger partial charge in [0.2, 0.25) is 0 Å². The van der Waals surface area contributed by atoms with Crippen LogP contribution in [0.4, 0.5) is 4.79 Å². The topological polar surface area (TPSA) is 116 Å². The van der Waals surface area contributed by atoms with Crippen LogP contribution in [0.15, 0.2) is 46.7 Å².